The first kappa shape index (κ1) is 16.7. The van der Waals surface area contributed by atoms with Crippen LogP contribution in [0.25, 0.3) is 0 Å². The van der Waals surface area contributed by atoms with Gasteiger partial charge in [-0.25, -0.2) is 0 Å². The van der Waals surface area contributed by atoms with Gasteiger partial charge in [0.15, 0.2) is 0 Å². The molecule has 0 aliphatic carbocycles. The first-order valence-electron chi connectivity index (χ1n) is 5.02. The molecule has 0 fully saturated rings. The molecule has 17 heavy (non-hydrogen) atoms. The van der Waals surface area contributed by atoms with E-state index >= 15 is 0 Å². The van der Waals surface area contributed by atoms with Crippen LogP contribution in [0.1, 0.15) is 32.8 Å². The predicted octanol–water partition coefficient (Wildman–Crippen LogP) is 3.17. The average molecular weight is 372 g/mol. The number of halogens is 1. The molecule has 6 heteroatoms. The maximum absolute atomic E-state index is 10.5. The highest BCUT2D eigenvalue weighted by atomic mass is 127. The van der Waals surface area contributed by atoms with Gasteiger partial charge in [0.05, 0.1) is 0 Å². The van der Waals surface area contributed by atoms with E-state index in [1.54, 1.807) is 12.1 Å². The van der Waals surface area contributed by atoms with Crippen LogP contribution in [0.2, 0.25) is 0 Å². The molecule has 98 valence electrons. The van der Waals surface area contributed by atoms with Gasteiger partial charge in [0, 0.05) is 0 Å². The maximum Gasteiger partial charge on any atom is 0.446 e. The van der Waals surface area contributed by atoms with Gasteiger partial charge in [0.1, 0.15) is 5.75 Å². The van der Waals surface area contributed by atoms with Crippen molar-refractivity contribution in [2.45, 2.75) is 32.6 Å². The summed E-state index contributed by atoms with van der Waals surface area (Å²) in [5.74, 6) is 0.109. The Morgan fingerprint density at radius 2 is 1.71 bits per heavy atom. The molecule has 0 radical (unpaired) electrons. The van der Waals surface area contributed by atoms with Crippen LogP contribution in [-0.4, -0.2) is 13.0 Å². The predicted molar refractivity (Wildman–Crippen MR) is 77.4 cm³/mol. The van der Waals surface area contributed by atoms with Crippen molar-refractivity contribution in [3.8, 4) is 5.75 Å². The zero-order chi connectivity index (χ0) is 12.4. The molecule has 0 saturated heterocycles. The number of rotatable bonds is 4. The van der Waals surface area contributed by atoms with Gasteiger partial charge in [-0.2, -0.15) is 8.42 Å². The van der Waals surface area contributed by atoms with Crippen LogP contribution in [-0.2, 0) is 15.8 Å². The minimum atomic E-state index is -4.43. The van der Waals surface area contributed by atoms with E-state index < -0.39 is 10.4 Å². The summed E-state index contributed by atoms with van der Waals surface area (Å²) in [5.41, 5.74) is 1.13. The molecule has 0 saturated carbocycles. The Balaban J connectivity index is 0.00000256. The van der Waals surface area contributed by atoms with Crippen molar-refractivity contribution in [2.24, 2.45) is 0 Å². The summed E-state index contributed by atoms with van der Waals surface area (Å²) in [6.45, 7) is 6.29. The minimum Gasteiger partial charge on any atom is -0.362 e. The van der Waals surface area contributed by atoms with Crippen LogP contribution < -0.4 is 4.18 Å². The van der Waals surface area contributed by atoms with Crippen LogP contribution in [0.15, 0.2) is 24.3 Å². The van der Waals surface area contributed by atoms with Crippen molar-refractivity contribution in [1.82, 2.24) is 0 Å². The van der Waals surface area contributed by atoms with Gasteiger partial charge in [0.25, 0.3) is 0 Å². The standard InChI is InChI=1S/C11H16O4S.HI/c1-4-11(2,3)9-5-7-10(8-6-9)15-16(12,13)14;/h5-8H,4H2,1-3H3,(H,12,13,14);1H. The normalized spacial score (nSPS) is 11.8. The van der Waals surface area contributed by atoms with Crippen molar-refractivity contribution in [1.29, 1.82) is 0 Å². The summed E-state index contributed by atoms with van der Waals surface area (Å²) < 4.78 is 33.8. The smallest absolute Gasteiger partial charge is 0.362 e. The monoisotopic (exact) mass is 372 g/mol. The summed E-state index contributed by atoms with van der Waals surface area (Å²) in [5, 5.41) is 0. The van der Waals surface area contributed by atoms with E-state index in [0.29, 0.717) is 0 Å². The fourth-order valence-corrected chi connectivity index (χ4v) is 1.64. The topological polar surface area (TPSA) is 63.6 Å². The lowest BCUT2D eigenvalue weighted by atomic mass is 9.82. The van der Waals surface area contributed by atoms with E-state index in [-0.39, 0.29) is 35.1 Å². The van der Waals surface area contributed by atoms with Gasteiger partial charge in [-0.05, 0) is 29.5 Å². The third-order valence-corrected chi connectivity index (χ3v) is 3.12. The number of hydrogen-bond acceptors (Lipinski definition) is 3. The van der Waals surface area contributed by atoms with Crippen molar-refractivity contribution in [2.75, 3.05) is 0 Å². The van der Waals surface area contributed by atoms with E-state index in [9.17, 15) is 8.42 Å². The maximum atomic E-state index is 10.5. The number of hydrogen-bond donors (Lipinski definition) is 1. The highest BCUT2D eigenvalue weighted by Gasteiger charge is 2.18. The Kier molecular flexibility index (Phi) is 5.89. The zero-order valence-corrected chi connectivity index (χ0v) is 13.2. The third-order valence-electron chi connectivity index (χ3n) is 2.72. The Labute approximate surface area is 119 Å². The fourth-order valence-electron chi connectivity index (χ4n) is 1.29. The molecule has 1 N–H and O–H groups in total. The van der Waals surface area contributed by atoms with Crippen molar-refractivity contribution in [3.63, 3.8) is 0 Å². The van der Waals surface area contributed by atoms with Crippen LogP contribution in [0, 0.1) is 0 Å². The third kappa shape index (κ3) is 5.22. The van der Waals surface area contributed by atoms with Gasteiger partial charge in [-0.1, -0.05) is 32.9 Å². The molecule has 0 aliphatic rings. The largest absolute Gasteiger partial charge is 0.446 e. The van der Waals surface area contributed by atoms with E-state index in [4.69, 9.17) is 4.55 Å². The van der Waals surface area contributed by atoms with Crippen LogP contribution in [0.3, 0.4) is 0 Å². The minimum absolute atomic E-state index is 0. The second kappa shape index (κ2) is 6.01. The van der Waals surface area contributed by atoms with Crippen molar-refractivity contribution in [3.05, 3.63) is 29.8 Å². The quantitative estimate of drug-likeness (QED) is 0.652. The van der Waals surface area contributed by atoms with E-state index in [0.717, 1.165) is 12.0 Å². The van der Waals surface area contributed by atoms with Crippen molar-refractivity contribution >= 4 is 34.4 Å². The Morgan fingerprint density at radius 1 is 1.24 bits per heavy atom. The molecule has 0 aromatic heterocycles. The molecule has 0 amide bonds. The Morgan fingerprint density at radius 3 is 2.06 bits per heavy atom. The van der Waals surface area contributed by atoms with Crippen LogP contribution in [0.5, 0.6) is 5.75 Å². The lowest BCUT2D eigenvalue weighted by Crippen LogP contribution is -2.15. The molecule has 1 rings (SSSR count). The highest BCUT2D eigenvalue weighted by molar-refractivity contribution is 14.0. The number of benzene rings is 1. The Hall–Kier alpha value is -0.340. The molecule has 0 atom stereocenters. The molecular formula is C11H17IO4S. The van der Waals surface area contributed by atoms with Crippen LogP contribution in [0.4, 0.5) is 0 Å². The lowest BCUT2D eigenvalue weighted by molar-refractivity contribution is 0.386. The molecule has 0 spiro atoms. The fraction of sp³-hybridized carbons (Fsp3) is 0.455. The summed E-state index contributed by atoms with van der Waals surface area (Å²) in [4.78, 5) is 0. The molecule has 4 nitrogen and oxygen atoms in total. The molecule has 0 aliphatic heterocycles. The Bertz CT molecular complexity index is 451. The molecule has 1 aromatic rings. The van der Waals surface area contributed by atoms with Gasteiger partial charge < -0.3 is 4.18 Å². The summed E-state index contributed by atoms with van der Waals surface area (Å²) in [7, 11) is -4.43. The van der Waals surface area contributed by atoms with Crippen molar-refractivity contribution < 1.29 is 17.2 Å². The summed E-state index contributed by atoms with van der Waals surface area (Å²) in [6.07, 6.45) is 0.978. The first-order valence-corrected chi connectivity index (χ1v) is 6.38. The zero-order valence-electron chi connectivity index (χ0n) is 10.0. The van der Waals surface area contributed by atoms with Crippen LogP contribution >= 0.6 is 24.0 Å². The second-order valence-corrected chi connectivity index (χ2v) is 5.30. The molecular weight excluding hydrogens is 355 g/mol. The highest BCUT2D eigenvalue weighted by Crippen LogP contribution is 2.28. The van der Waals surface area contributed by atoms with E-state index in [1.807, 2.05) is 0 Å². The molecule has 0 heterocycles. The van der Waals surface area contributed by atoms with Gasteiger partial charge >= 0.3 is 10.4 Å². The summed E-state index contributed by atoms with van der Waals surface area (Å²) in [6, 6.07) is 6.65. The van der Waals surface area contributed by atoms with Gasteiger partial charge in [-0.15, -0.1) is 24.0 Å². The molecule has 1 aromatic carbocycles. The average Bonchev–Trinajstić information content (AvgIpc) is 2.16. The van der Waals surface area contributed by atoms with Gasteiger partial charge in [0.2, 0.25) is 0 Å². The van der Waals surface area contributed by atoms with Gasteiger partial charge in [-0.3, -0.25) is 4.55 Å². The second-order valence-electron chi connectivity index (χ2n) is 4.27. The first-order chi connectivity index (χ1) is 7.24. The molecule has 0 unspecified atom stereocenters. The van der Waals surface area contributed by atoms with E-state index in [2.05, 4.69) is 25.0 Å². The molecule has 0 bridgehead atoms. The van der Waals surface area contributed by atoms with E-state index in [1.165, 1.54) is 12.1 Å². The lowest BCUT2D eigenvalue weighted by Gasteiger charge is -2.23. The summed E-state index contributed by atoms with van der Waals surface area (Å²) >= 11 is 0. The SMILES string of the molecule is CCC(C)(C)c1ccc(OS(=O)(=O)O)cc1.I.